The predicted molar refractivity (Wildman–Crippen MR) is 90.9 cm³/mol. The molecule has 3 aromatic carbocycles. The molecule has 116 valence electrons. The Labute approximate surface area is 135 Å². The van der Waals surface area contributed by atoms with E-state index < -0.39 is 0 Å². The summed E-state index contributed by atoms with van der Waals surface area (Å²) in [4.78, 5) is 0. The molecule has 0 aliphatic rings. The van der Waals surface area contributed by atoms with Crippen LogP contribution in [0.2, 0.25) is 0 Å². The molecule has 3 heteroatoms. The number of phenolic OH excluding ortho intramolecular Hbond substituents is 1. The molecular formula is C20H18O3. The fourth-order valence-corrected chi connectivity index (χ4v) is 2.34. The standard InChI is InChI=1S/C20H18O3/c1-22-20-13-17(9-12-19(20)21)16-7-10-18(11-8-16)23-14-15-5-3-2-4-6-15/h2-13,21H,14H2,1H3. The zero-order valence-electron chi connectivity index (χ0n) is 12.9. The SMILES string of the molecule is COc1cc(-c2ccc(OCc3ccccc3)cc2)ccc1O. The molecule has 0 fully saturated rings. The Morgan fingerprint density at radius 1 is 0.826 bits per heavy atom. The van der Waals surface area contributed by atoms with Crippen LogP contribution in [0, 0.1) is 0 Å². The van der Waals surface area contributed by atoms with Gasteiger partial charge >= 0.3 is 0 Å². The molecule has 0 aromatic heterocycles. The number of benzene rings is 3. The molecule has 0 amide bonds. The summed E-state index contributed by atoms with van der Waals surface area (Å²) in [5, 5.41) is 9.66. The maximum atomic E-state index is 9.66. The smallest absolute Gasteiger partial charge is 0.161 e. The number of methoxy groups -OCH3 is 1. The molecule has 0 aliphatic carbocycles. The van der Waals surface area contributed by atoms with E-state index in [0.29, 0.717) is 12.4 Å². The van der Waals surface area contributed by atoms with Crippen LogP contribution in [0.5, 0.6) is 17.2 Å². The van der Waals surface area contributed by atoms with Crippen LogP contribution in [-0.4, -0.2) is 12.2 Å². The van der Waals surface area contributed by atoms with Crippen molar-refractivity contribution < 1.29 is 14.6 Å². The molecule has 3 rings (SSSR count). The first-order valence-corrected chi connectivity index (χ1v) is 7.40. The normalized spacial score (nSPS) is 10.3. The molecule has 0 radical (unpaired) electrons. The van der Waals surface area contributed by atoms with Crippen LogP contribution in [0.15, 0.2) is 72.8 Å². The lowest BCUT2D eigenvalue weighted by Crippen LogP contribution is -1.94. The average Bonchev–Trinajstić information content (AvgIpc) is 2.62. The second-order valence-electron chi connectivity index (χ2n) is 5.19. The number of aromatic hydroxyl groups is 1. The summed E-state index contributed by atoms with van der Waals surface area (Å²) >= 11 is 0. The summed E-state index contributed by atoms with van der Waals surface area (Å²) < 4.78 is 10.9. The number of hydrogen-bond acceptors (Lipinski definition) is 3. The summed E-state index contributed by atoms with van der Waals surface area (Å²) in [6, 6.07) is 23.2. The average molecular weight is 306 g/mol. The maximum Gasteiger partial charge on any atom is 0.161 e. The number of hydrogen-bond donors (Lipinski definition) is 1. The van der Waals surface area contributed by atoms with Crippen LogP contribution in [0.25, 0.3) is 11.1 Å². The van der Waals surface area contributed by atoms with E-state index >= 15 is 0 Å². The van der Waals surface area contributed by atoms with Gasteiger partial charge in [-0.15, -0.1) is 0 Å². The maximum absolute atomic E-state index is 9.66. The van der Waals surface area contributed by atoms with Gasteiger partial charge in [-0.2, -0.15) is 0 Å². The molecule has 3 nitrogen and oxygen atoms in total. The third-order valence-electron chi connectivity index (χ3n) is 3.62. The van der Waals surface area contributed by atoms with Gasteiger partial charge < -0.3 is 14.6 Å². The Hall–Kier alpha value is -2.94. The van der Waals surface area contributed by atoms with E-state index in [1.807, 2.05) is 66.7 Å². The number of phenols is 1. The largest absolute Gasteiger partial charge is 0.504 e. The minimum Gasteiger partial charge on any atom is -0.504 e. The van der Waals surface area contributed by atoms with E-state index in [4.69, 9.17) is 9.47 Å². The highest BCUT2D eigenvalue weighted by Gasteiger charge is 2.05. The van der Waals surface area contributed by atoms with E-state index in [1.165, 1.54) is 0 Å². The third kappa shape index (κ3) is 3.64. The lowest BCUT2D eigenvalue weighted by molar-refractivity contribution is 0.306. The molecule has 0 spiro atoms. The van der Waals surface area contributed by atoms with Gasteiger partial charge in [-0.25, -0.2) is 0 Å². The first-order chi connectivity index (χ1) is 11.3. The topological polar surface area (TPSA) is 38.7 Å². The molecule has 0 aliphatic heterocycles. The van der Waals surface area contributed by atoms with Crippen molar-refractivity contribution in [2.24, 2.45) is 0 Å². The van der Waals surface area contributed by atoms with Gasteiger partial charge in [-0.05, 0) is 41.0 Å². The second kappa shape index (κ2) is 6.88. The quantitative estimate of drug-likeness (QED) is 0.746. The van der Waals surface area contributed by atoms with Gasteiger partial charge in [-0.3, -0.25) is 0 Å². The zero-order valence-corrected chi connectivity index (χ0v) is 12.9. The van der Waals surface area contributed by atoms with Crippen molar-refractivity contribution in [2.75, 3.05) is 7.11 Å². The highest BCUT2D eigenvalue weighted by atomic mass is 16.5. The van der Waals surface area contributed by atoms with Crippen molar-refractivity contribution >= 4 is 0 Å². The van der Waals surface area contributed by atoms with Gasteiger partial charge in [0.05, 0.1) is 7.11 Å². The monoisotopic (exact) mass is 306 g/mol. The van der Waals surface area contributed by atoms with Crippen molar-refractivity contribution in [3.63, 3.8) is 0 Å². The highest BCUT2D eigenvalue weighted by molar-refractivity contribution is 5.67. The van der Waals surface area contributed by atoms with E-state index in [-0.39, 0.29) is 5.75 Å². The summed E-state index contributed by atoms with van der Waals surface area (Å²) in [5.74, 6) is 1.43. The Bertz CT molecular complexity index is 765. The van der Waals surface area contributed by atoms with Crippen molar-refractivity contribution in [2.45, 2.75) is 6.61 Å². The van der Waals surface area contributed by atoms with Gasteiger partial charge in [0.15, 0.2) is 11.5 Å². The van der Waals surface area contributed by atoms with Gasteiger partial charge in [0, 0.05) is 0 Å². The zero-order chi connectivity index (χ0) is 16.1. The van der Waals surface area contributed by atoms with Crippen LogP contribution >= 0.6 is 0 Å². The summed E-state index contributed by atoms with van der Waals surface area (Å²) in [5.41, 5.74) is 3.16. The van der Waals surface area contributed by atoms with Crippen molar-refractivity contribution in [3.8, 4) is 28.4 Å². The van der Waals surface area contributed by atoms with Gasteiger partial charge in [0.1, 0.15) is 12.4 Å². The van der Waals surface area contributed by atoms with Gasteiger partial charge in [0.25, 0.3) is 0 Å². The molecule has 0 bridgehead atoms. The fourth-order valence-electron chi connectivity index (χ4n) is 2.34. The molecule has 23 heavy (non-hydrogen) atoms. The molecule has 0 heterocycles. The third-order valence-corrected chi connectivity index (χ3v) is 3.62. The van der Waals surface area contributed by atoms with Crippen LogP contribution < -0.4 is 9.47 Å². The van der Waals surface area contributed by atoms with Gasteiger partial charge in [0.2, 0.25) is 0 Å². The summed E-state index contributed by atoms with van der Waals surface area (Å²) in [6.07, 6.45) is 0. The lowest BCUT2D eigenvalue weighted by atomic mass is 10.1. The second-order valence-corrected chi connectivity index (χ2v) is 5.19. The lowest BCUT2D eigenvalue weighted by Gasteiger charge is -2.09. The summed E-state index contributed by atoms with van der Waals surface area (Å²) in [7, 11) is 1.54. The number of rotatable bonds is 5. The van der Waals surface area contributed by atoms with Crippen molar-refractivity contribution in [1.82, 2.24) is 0 Å². The van der Waals surface area contributed by atoms with E-state index in [2.05, 4.69) is 0 Å². The van der Waals surface area contributed by atoms with Crippen molar-refractivity contribution in [1.29, 1.82) is 0 Å². The minimum atomic E-state index is 0.138. The first-order valence-electron chi connectivity index (χ1n) is 7.40. The molecular weight excluding hydrogens is 288 g/mol. The molecule has 0 atom stereocenters. The van der Waals surface area contributed by atoms with E-state index in [9.17, 15) is 5.11 Å². The van der Waals surface area contributed by atoms with Gasteiger partial charge in [-0.1, -0.05) is 48.5 Å². The Kier molecular flexibility index (Phi) is 4.48. The Morgan fingerprint density at radius 2 is 1.52 bits per heavy atom. The van der Waals surface area contributed by atoms with Crippen LogP contribution in [0.3, 0.4) is 0 Å². The van der Waals surface area contributed by atoms with Crippen LogP contribution in [-0.2, 0) is 6.61 Å². The summed E-state index contributed by atoms with van der Waals surface area (Å²) in [6.45, 7) is 0.549. The van der Waals surface area contributed by atoms with Crippen molar-refractivity contribution in [3.05, 3.63) is 78.4 Å². The molecule has 0 saturated heterocycles. The van der Waals surface area contributed by atoms with Crippen LogP contribution in [0.4, 0.5) is 0 Å². The predicted octanol–water partition coefficient (Wildman–Crippen LogP) is 4.65. The first kappa shape index (κ1) is 15.0. The van der Waals surface area contributed by atoms with E-state index in [1.54, 1.807) is 13.2 Å². The minimum absolute atomic E-state index is 0.138. The van der Waals surface area contributed by atoms with Crippen LogP contribution in [0.1, 0.15) is 5.56 Å². The molecule has 0 saturated carbocycles. The number of ether oxygens (including phenoxy) is 2. The molecule has 1 N–H and O–H groups in total. The van der Waals surface area contributed by atoms with E-state index in [0.717, 1.165) is 22.4 Å². The molecule has 3 aromatic rings. The Morgan fingerprint density at radius 3 is 2.22 bits per heavy atom. The molecule has 0 unspecified atom stereocenters. The Balaban J connectivity index is 1.72. The fraction of sp³-hybridized carbons (Fsp3) is 0.100. The highest BCUT2D eigenvalue weighted by Crippen LogP contribution is 2.32.